The lowest BCUT2D eigenvalue weighted by Crippen LogP contribution is -2.18. The van der Waals surface area contributed by atoms with Gasteiger partial charge in [-0.1, -0.05) is 172 Å². The number of nitrogens with zero attached hydrogens (tertiary/aromatic N) is 4. The van der Waals surface area contributed by atoms with Gasteiger partial charge in [-0.25, -0.2) is 9.97 Å². The van der Waals surface area contributed by atoms with E-state index in [1.54, 1.807) is 0 Å². The predicted octanol–water partition coefficient (Wildman–Crippen LogP) is 15.3. The molecule has 294 valence electrons. The van der Waals surface area contributed by atoms with Crippen molar-refractivity contribution in [2.75, 3.05) is 0 Å². The third kappa shape index (κ3) is 4.59. The smallest absolute Gasteiger partial charge is 0.165 e. The molecule has 1 aliphatic rings. The van der Waals surface area contributed by atoms with E-state index in [9.17, 15) is 0 Å². The number of fused-ring (bicyclic) bond motifs is 18. The molecule has 0 bridgehead atoms. The Balaban J connectivity index is 1.17. The molecule has 13 aromatic rings. The van der Waals surface area contributed by atoms with Crippen molar-refractivity contribution < 1.29 is 0 Å². The Hall–Kier alpha value is -8.08. The molecule has 0 amide bonds. The first-order valence-corrected chi connectivity index (χ1v) is 21.8. The van der Waals surface area contributed by atoms with Crippen molar-refractivity contribution in [2.45, 2.75) is 19.3 Å². The number of hydrogen-bond donors (Lipinski definition) is 0. The summed E-state index contributed by atoms with van der Waals surface area (Å²) in [5.74, 6) is 0.822. The van der Waals surface area contributed by atoms with Gasteiger partial charge < -0.3 is 4.57 Å². The highest BCUT2D eigenvalue weighted by Crippen LogP contribution is 2.50. The summed E-state index contributed by atoms with van der Waals surface area (Å²) in [6, 6.07) is 70.9. The lowest BCUT2D eigenvalue weighted by molar-refractivity contribution is 0.635. The SMILES string of the molecule is CC1(C)c2ccccc2-c2nc(-n3c4ccc5ccccc5c4c4c5c6ccccc6c6ccccc6c5ccc43)c(-c3ccc4c5ccccc5n(-c5ccccc5)c4c3)nc21. The van der Waals surface area contributed by atoms with Gasteiger partial charge in [-0.05, 0) is 79.7 Å². The van der Waals surface area contributed by atoms with Gasteiger partial charge in [-0.2, -0.15) is 0 Å². The van der Waals surface area contributed by atoms with Crippen LogP contribution in [0.2, 0.25) is 0 Å². The van der Waals surface area contributed by atoms with E-state index >= 15 is 0 Å². The molecule has 0 saturated heterocycles. The average molecular weight is 803 g/mol. The molecule has 14 rings (SSSR count). The zero-order chi connectivity index (χ0) is 41.6. The molecule has 0 radical (unpaired) electrons. The maximum absolute atomic E-state index is 5.88. The van der Waals surface area contributed by atoms with Gasteiger partial charge in [0, 0.05) is 49.2 Å². The van der Waals surface area contributed by atoms with Crippen LogP contribution in [-0.2, 0) is 5.41 Å². The normalized spacial score (nSPS) is 13.4. The number of rotatable bonds is 3. The van der Waals surface area contributed by atoms with E-state index in [1.165, 1.54) is 75.7 Å². The van der Waals surface area contributed by atoms with Gasteiger partial charge in [0.25, 0.3) is 0 Å². The standard InChI is InChI=1S/C59H38N4/c1-59(2)47-26-14-12-25-46(47)56-57(59)60-55(36-28-30-43-42-23-13-15-27-48(42)62(51(43)34-36)37-17-4-3-5-18-37)58(61-56)63-49-32-29-35-16-6-7-19-38(35)53(49)54-50(63)33-31-45-41-22-9-8-20-39(41)40-21-10-11-24-44(40)52(45)54/h3-34H,1-2H3. The molecule has 1 aliphatic carbocycles. The van der Waals surface area contributed by atoms with Crippen LogP contribution in [0.4, 0.5) is 0 Å². The van der Waals surface area contributed by atoms with Gasteiger partial charge in [0.15, 0.2) is 5.82 Å². The van der Waals surface area contributed by atoms with Gasteiger partial charge in [0.1, 0.15) is 5.69 Å². The summed E-state index contributed by atoms with van der Waals surface area (Å²) in [4.78, 5) is 11.7. The molecular formula is C59H38N4. The molecule has 10 aromatic carbocycles. The fraction of sp³-hybridized carbons (Fsp3) is 0.0508. The van der Waals surface area contributed by atoms with Crippen molar-refractivity contribution in [1.29, 1.82) is 0 Å². The largest absolute Gasteiger partial charge is 0.309 e. The highest BCUT2D eigenvalue weighted by molar-refractivity contribution is 6.37. The summed E-state index contributed by atoms with van der Waals surface area (Å²) in [6.45, 7) is 4.58. The van der Waals surface area contributed by atoms with Gasteiger partial charge >= 0.3 is 0 Å². The Kier molecular flexibility index (Phi) is 6.87. The predicted molar refractivity (Wildman–Crippen MR) is 264 cm³/mol. The molecule has 0 aliphatic heterocycles. The fourth-order valence-corrected chi connectivity index (χ4v) is 11.2. The minimum atomic E-state index is -0.345. The summed E-state index contributed by atoms with van der Waals surface area (Å²) < 4.78 is 4.82. The summed E-state index contributed by atoms with van der Waals surface area (Å²) in [5.41, 5.74) is 11.5. The van der Waals surface area contributed by atoms with Crippen LogP contribution in [0.5, 0.6) is 0 Å². The van der Waals surface area contributed by atoms with Gasteiger partial charge in [-0.15, -0.1) is 0 Å². The van der Waals surface area contributed by atoms with Crippen LogP contribution in [0.15, 0.2) is 194 Å². The molecule has 0 atom stereocenters. The summed E-state index contributed by atoms with van der Waals surface area (Å²) in [7, 11) is 0. The van der Waals surface area contributed by atoms with Gasteiger partial charge in [0.2, 0.25) is 0 Å². The van der Waals surface area contributed by atoms with Crippen LogP contribution in [0.25, 0.3) is 121 Å². The molecule has 3 aromatic heterocycles. The van der Waals surface area contributed by atoms with Crippen LogP contribution < -0.4 is 0 Å². The molecule has 0 saturated carbocycles. The Morgan fingerprint density at radius 3 is 1.78 bits per heavy atom. The zero-order valence-electron chi connectivity index (χ0n) is 34.8. The van der Waals surface area contributed by atoms with E-state index in [0.29, 0.717) is 0 Å². The molecule has 4 nitrogen and oxygen atoms in total. The fourth-order valence-electron chi connectivity index (χ4n) is 11.2. The number of hydrogen-bond acceptors (Lipinski definition) is 2. The van der Waals surface area contributed by atoms with Crippen molar-refractivity contribution in [3.05, 3.63) is 205 Å². The number of para-hydroxylation sites is 2. The topological polar surface area (TPSA) is 35.6 Å². The van der Waals surface area contributed by atoms with Crippen LogP contribution in [0.3, 0.4) is 0 Å². The average Bonchev–Trinajstić information content (AvgIpc) is 3.94. The quantitative estimate of drug-likeness (QED) is 0.167. The zero-order valence-corrected chi connectivity index (χ0v) is 34.8. The Morgan fingerprint density at radius 1 is 0.381 bits per heavy atom. The Bertz CT molecular complexity index is 4080. The van der Waals surface area contributed by atoms with Crippen molar-refractivity contribution >= 4 is 86.7 Å². The second-order valence-corrected chi connectivity index (χ2v) is 17.7. The molecule has 4 heteroatoms. The first-order valence-electron chi connectivity index (χ1n) is 21.8. The maximum Gasteiger partial charge on any atom is 0.165 e. The summed E-state index contributed by atoms with van der Waals surface area (Å²) in [5, 5.41) is 14.9. The third-order valence-electron chi connectivity index (χ3n) is 14.0. The monoisotopic (exact) mass is 802 g/mol. The molecule has 0 spiro atoms. The van der Waals surface area contributed by atoms with Crippen LogP contribution in [-0.4, -0.2) is 19.1 Å². The van der Waals surface area contributed by atoms with Crippen LogP contribution >= 0.6 is 0 Å². The molecule has 0 N–H and O–H groups in total. The lowest BCUT2D eigenvalue weighted by atomic mass is 9.85. The molecule has 3 heterocycles. The Labute approximate surface area is 362 Å². The van der Waals surface area contributed by atoms with E-state index in [4.69, 9.17) is 9.97 Å². The van der Waals surface area contributed by atoms with Crippen molar-refractivity contribution in [1.82, 2.24) is 19.1 Å². The van der Waals surface area contributed by atoms with Gasteiger partial charge in [0.05, 0.1) is 33.5 Å². The molecule has 63 heavy (non-hydrogen) atoms. The van der Waals surface area contributed by atoms with E-state index in [1.807, 2.05) is 0 Å². The second kappa shape index (κ2) is 12.5. The summed E-state index contributed by atoms with van der Waals surface area (Å²) in [6.07, 6.45) is 0. The second-order valence-electron chi connectivity index (χ2n) is 17.7. The number of aromatic nitrogens is 4. The molecule has 0 fully saturated rings. The van der Waals surface area contributed by atoms with E-state index in [-0.39, 0.29) is 5.41 Å². The third-order valence-corrected chi connectivity index (χ3v) is 14.0. The Morgan fingerprint density at radius 2 is 0.968 bits per heavy atom. The lowest BCUT2D eigenvalue weighted by Gasteiger charge is -2.21. The molecule has 0 unspecified atom stereocenters. The van der Waals surface area contributed by atoms with Crippen molar-refractivity contribution in [3.8, 4) is 34.0 Å². The maximum atomic E-state index is 5.88. The minimum Gasteiger partial charge on any atom is -0.309 e. The van der Waals surface area contributed by atoms with E-state index in [0.717, 1.165) is 56.3 Å². The summed E-state index contributed by atoms with van der Waals surface area (Å²) >= 11 is 0. The minimum absolute atomic E-state index is 0.345. The van der Waals surface area contributed by atoms with Crippen LogP contribution in [0, 0.1) is 0 Å². The molecular weight excluding hydrogens is 765 g/mol. The first kappa shape index (κ1) is 34.6. The highest BCUT2D eigenvalue weighted by Gasteiger charge is 2.39. The van der Waals surface area contributed by atoms with Crippen LogP contribution in [0.1, 0.15) is 25.1 Å². The van der Waals surface area contributed by atoms with Crippen molar-refractivity contribution in [3.63, 3.8) is 0 Å². The number of benzene rings is 10. The van der Waals surface area contributed by atoms with E-state index in [2.05, 4.69) is 217 Å². The van der Waals surface area contributed by atoms with Gasteiger partial charge in [-0.3, -0.25) is 4.57 Å². The highest BCUT2D eigenvalue weighted by atomic mass is 15.1. The van der Waals surface area contributed by atoms with E-state index < -0.39 is 0 Å². The van der Waals surface area contributed by atoms with Crippen molar-refractivity contribution in [2.24, 2.45) is 0 Å². The first-order chi connectivity index (χ1) is 31.0.